The molecule has 112 valence electrons. The second-order valence-corrected chi connectivity index (χ2v) is 6.53. The standard InChI is InChI=1S/C15H20N4OS/c1-10-7-11(2)19(17-10)8-13-5-4-6-18(13)15(20)14-12(3)16-9-21-14/h7,9,13H,4-6,8H2,1-3H3. The van der Waals surface area contributed by atoms with Crippen molar-refractivity contribution in [3.8, 4) is 0 Å². The van der Waals surface area contributed by atoms with Crippen LogP contribution in [-0.4, -0.2) is 38.2 Å². The number of amides is 1. The van der Waals surface area contributed by atoms with E-state index < -0.39 is 0 Å². The number of hydrogen-bond acceptors (Lipinski definition) is 4. The van der Waals surface area contributed by atoms with Gasteiger partial charge in [-0.05, 0) is 39.7 Å². The summed E-state index contributed by atoms with van der Waals surface area (Å²) in [6.07, 6.45) is 2.11. The van der Waals surface area contributed by atoms with Crippen LogP contribution < -0.4 is 0 Å². The molecule has 1 aliphatic rings. The molecule has 5 nitrogen and oxygen atoms in total. The summed E-state index contributed by atoms with van der Waals surface area (Å²) < 4.78 is 2.02. The van der Waals surface area contributed by atoms with Crippen molar-refractivity contribution in [1.82, 2.24) is 19.7 Å². The van der Waals surface area contributed by atoms with Gasteiger partial charge in [0.05, 0.1) is 29.5 Å². The van der Waals surface area contributed by atoms with E-state index in [1.165, 1.54) is 11.3 Å². The molecule has 2 aromatic heterocycles. The monoisotopic (exact) mass is 304 g/mol. The highest BCUT2D eigenvalue weighted by Gasteiger charge is 2.31. The zero-order valence-electron chi connectivity index (χ0n) is 12.7. The molecule has 1 fully saturated rings. The summed E-state index contributed by atoms with van der Waals surface area (Å²) in [6, 6.07) is 2.31. The fourth-order valence-corrected chi connectivity index (χ4v) is 3.75. The Morgan fingerprint density at radius 1 is 1.43 bits per heavy atom. The molecule has 1 aliphatic heterocycles. The third-order valence-corrected chi connectivity index (χ3v) is 4.98. The van der Waals surface area contributed by atoms with E-state index in [9.17, 15) is 4.79 Å². The van der Waals surface area contributed by atoms with Gasteiger partial charge >= 0.3 is 0 Å². The number of nitrogens with zero attached hydrogens (tertiary/aromatic N) is 4. The second-order valence-electron chi connectivity index (χ2n) is 5.67. The highest BCUT2D eigenvalue weighted by Crippen LogP contribution is 2.24. The van der Waals surface area contributed by atoms with Crippen molar-refractivity contribution in [2.45, 2.75) is 46.2 Å². The van der Waals surface area contributed by atoms with Gasteiger partial charge < -0.3 is 4.90 Å². The molecule has 1 amide bonds. The van der Waals surface area contributed by atoms with Crippen molar-refractivity contribution < 1.29 is 4.79 Å². The van der Waals surface area contributed by atoms with E-state index in [2.05, 4.69) is 23.1 Å². The fraction of sp³-hybridized carbons (Fsp3) is 0.533. The number of carbonyl (C=O) groups excluding carboxylic acids is 1. The Labute approximate surface area is 128 Å². The van der Waals surface area contributed by atoms with Crippen molar-refractivity contribution >= 4 is 17.2 Å². The first-order valence-electron chi connectivity index (χ1n) is 7.28. The maximum Gasteiger partial charge on any atom is 0.266 e. The van der Waals surface area contributed by atoms with E-state index in [-0.39, 0.29) is 11.9 Å². The Balaban J connectivity index is 1.78. The maximum absolute atomic E-state index is 12.7. The van der Waals surface area contributed by atoms with E-state index in [4.69, 9.17) is 0 Å². The van der Waals surface area contributed by atoms with Crippen LogP contribution in [0.25, 0.3) is 0 Å². The van der Waals surface area contributed by atoms with Crippen LogP contribution in [0.2, 0.25) is 0 Å². The normalized spacial score (nSPS) is 18.4. The molecule has 21 heavy (non-hydrogen) atoms. The summed E-state index contributed by atoms with van der Waals surface area (Å²) in [5, 5.41) is 4.52. The number of likely N-dealkylation sites (tertiary alicyclic amines) is 1. The molecule has 0 N–H and O–H groups in total. The summed E-state index contributed by atoms with van der Waals surface area (Å²) in [7, 11) is 0. The minimum Gasteiger partial charge on any atom is -0.333 e. The lowest BCUT2D eigenvalue weighted by atomic mass is 10.2. The number of rotatable bonds is 3. The van der Waals surface area contributed by atoms with E-state index in [0.29, 0.717) is 0 Å². The van der Waals surface area contributed by atoms with Crippen molar-refractivity contribution in [3.05, 3.63) is 33.5 Å². The van der Waals surface area contributed by atoms with E-state index in [1.807, 2.05) is 23.4 Å². The van der Waals surface area contributed by atoms with Gasteiger partial charge in [-0.3, -0.25) is 9.48 Å². The lowest BCUT2D eigenvalue weighted by Crippen LogP contribution is -2.38. The third-order valence-electron chi connectivity index (χ3n) is 4.06. The van der Waals surface area contributed by atoms with Crippen LogP contribution in [0.3, 0.4) is 0 Å². The van der Waals surface area contributed by atoms with Gasteiger partial charge in [0.15, 0.2) is 0 Å². The predicted octanol–water partition coefficient (Wildman–Crippen LogP) is 2.57. The first-order chi connectivity index (χ1) is 10.1. The summed E-state index contributed by atoms with van der Waals surface area (Å²) in [6.45, 7) is 7.58. The van der Waals surface area contributed by atoms with Gasteiger partial charge in [-0.2, -0.15) is 5.10 Å². The van der Waals surface area contributed by atoms with Crippen LogP contribution in [0.1, 0.15) is 39.6 Å². The van der Waals surface area contributed by atoms with Crippen molar-refractivity contribution in [2.24, 2.45) is 0 Å². The average Bonchev–Trinajstić information content (AvgIpc) is 3.12. The molecular formula is C15H20N4OS. The number of thiazole rings is 1. The highest BCUT2D eigenvalue weighted by molar-refractivity contribution is 7.11. The first kappa shape index (κ1) is 14.3. The zero-order valence-corrected chi connectivity index (χ0v) is 13.5. The second kappa shape index (κ2) is 5.60. The van der Waals surface area contributed by atoms with Gasteiger partial charge in [-0.1, -0.05) is 0 Å². The van der Waals surface area contributed by atoms with Crippen LogP contribution in [0, 0.1) is 20.8 Å². The molecule has 1 atom stereocenters. The first-order valence-corrected chi connectivity index (χ1v) is 8.16. The van der Waals surface area contributed by atoms with E-state index in [1.54, 1.807) is 5.51 Å². The van der Waals surface area contributed by atoms with Crippen LogP contribution >= 0.6 is 11.3 Å². The van der Waals surface area contributed by atoms with Gasteiger partial charge in [-0.15, -0.1) is 11.3 Å². The molecule has 0 aromatic carbocycles. The molecule has 1 saturated heterocycles. The maximum atomic E-state index is 12.7. The summed E-state index contributed by atoms with van der Waals surface area (Å²) in [5.74, 6) is 0.124. The third kappa shape index (κ3) is 2.72. The molecule has 0 saturated carbocycles. The number of hydrogen-bond donors (Lipinski definition) is 0. The van der Waals surface area contributed by atoms with Crippen LogP contribution in [0.4, 0.5) is 0 Å². The molecule has 1 unspecified atom stereocenters. The van der Waals surface area contributed by atoms with Gasteiger partial charge in [0.1, 0.15) is 4.88 Å². The Morgan fingerprint density at radius 3 is 2.86 bits per heavy atom. The number of aryl methyl sites for hydroxylation is 3. The average molecular weight is 304 g/mol. The van der Waals surface area contributed by atoms with Gasteiger partial charge in [-0.25, -0.2) is 4.98 Å². The van der Waals surface area contributed by atoms with Crippen molar-refractivity contribution in [3.63, 3.8) is 0 Å². The molecular weight excluding hydrogens is 284 g/mol. The van der Waals surface area contributed by atoms with Crippen molar-refractivity contribution in [2.75, 3.05) is 6.54 Å². The topological polar surface area (TPSA) is 51.0 Å². The Kier molecular flexibility index (Phi) is 3.80. The fourth-order valence-electron chi connectivity index (χ4n) is 2.99. The van der Waals surface area contributed by atoms with Crippen LogP contribution in [-0.2, 0) is 6.54 Å². The molecule has 3 rings (SSSR count). The smallest absolute Gasteiger partial charge is 0.266 e. The van der Waals surface area contributed by atoms with Gasteiger partial charge in [0, 0.05) is 12.2 Å². The molecule has 3 heterocycles. The molecule has 0 aliphatic carbocycles. The summed E-state index contributed by atoms with van der Waals surface area (Å²) in [4.78, 5) is 19.6. The zero-order chi connectivity index (χ0) is 15.0. The molecule has 0 radical (unpaired) electrons. The van der Waals surface area contributed by atoms with Crippen LogP contribution in [0.5, 0.6) is 0 Å². The van der Waals surface area contributed by atoms with Gasteiger partial charge in [0.25, 0.3) is 5.91 Å². The molecule has 0 spiro atoms. The Morgan fingerprint density at radius 2 is 2.24 bits per heavy atom. The molecule has 6 heteroatoms. The molecule has 2 aromatic rings. The number of aromatic nitrogens is 3. The minimum atomic E-state index is 0.124. The van der Waals surface area contributed by atoms with Gasteiger partial charge in [0.2, 0.25) is 0 Å². The van der Waals surface area contributed by atoms with E-state index in [0.717, 1.165) is 47.9 Å². The highest BCUT2D eigenvalue weighted by atomic mass is 32.1. The largest absolute Gasteiger partial charge is 0.333 e. The minimum absolute atomic E-state index is 0.124. The van der Waals surface area contributed by atoms with Crippen molar-refractivity contribution in [1.29, 1.82) is 0 Å². The predicted molar refractivity (Wildman–Crippen MR) is 82.6 cm³/mol. The lowest BCUT2D eigenvalue weighted by Gasteiger charge is -2.24. The lowest BCUT2D eigenvalue weighted by molar-refractivity contribution is 0.0725. The van der Waals surface area contributed by atoms with Crippen LogP contribution in [0.15, 0.2) is 11.6 Å². The summed E-state index contributed by atoms with van der Waals surface area (Å²) >= 11 is 1.44. The Bertz CT molecular complexity index is 660. The SMILES string of the molecule is Cc1cc(C)n(CC2CCCN2C(=O)c2scnc2C)n1. The molecule has 0 bridgehead atoms. The number of carbonyl (C=O) groups is 1. The Hall–Kier alpha value is -1.69. The van der Waals surface area contributed by atoms with E-state index >= 15 is 0 Å². The quantitative estimate of drug-likeness (QED) is 0.875. The summed E-state index contributed by atoms with van der Waals surface area (Å²) in [5.41, 5.74) is 4.76.